The molecule has 96 valence electrons. The number of para-hydroxylation sites is 1. The molecule has 0 radical (unpaired) electrons. The van der Waals surface area contributed by atoms with Crippen molar-refractivity contribution in [2.24, 2.45) is 0 Å². The largest absolute Gasteiger partial charge is 0.504 e. The topological polar surface area (TPSA) is 69.1 Å². The van der Waals surface area contributed by atoms with Crippen molar-refractivity contribution in [3.05, 3.63) is 41.5 Å². The highest BCUT2D eigenvalue weighted by Gasteiger charge is 2.13. The van der Waals surface area contributed by atoms with Crippen molar-refractivity contribution in [2.45, 2.75) is 13.8 Å². The third-order valence-electron chi connectivity index (χ3n) is 3.19. The number of rotatable bonds is 1. The van der Waals surface area contributed by atoms with Crippen molar-refractivity contribution in [2.75, 3.05) is 0 Å². The van der Waals surface area contributed by atoms with E-state index in [2.05, 4.69) is 16.0 Å². The van der Waals surface area contributed by atoms with Gasteiger partial charge >= 0.3 is 0 Å². The Bertz CT molecular complexity index is 775. The van der Waals surface area contributed by atoms with Crippen LogP contribution in [-0.2, 0) is 0 Å². The number of fused-ring (bicyclic) bond motifs is 1. The zero-order valence-corrected chi connectivity index (χ0v) is 10.7. The molecule has 2 aromatic carbocycles. The number of phenolic OH excluding ortho intramolecular Hbond substituents is 2. The molecule has 1 aromatic heterocycles. The second-order valence-electron chi connectivity index (χ2n) is 4.74. The van der Waals surface area contributed by atoms with Crippen LogP contribution in [0.5, 0.6) is 11.5 Å². The Balaban J connectivity index is 2.26. The molecule has 0 amide bonds. The van der Waals surface area contributed by atoms with Crippen LogP contribution in [0.3, 0.4) is 0 Å². The molecule has 0 saturated carbocycles. The van der Waals surface area contributed by atoms with E-state index in [4.69, 9.17) is 0 Å². The number of benzene rings is 2. The van der Waals surface area contributed by atoms with Gasteiger partial charge in [-0.1, -0.05) is 12.1 Å². The van der Waals surface area contributed by atoms with E-state index in [-0.39, 0.29) is 11.5 Å². The van der Waals surface area contributed by atoms with Crippen LogP contribution in [0, 0.1) is 13.8 Å². The number of nitrogens with one attached hydrogen (secondary N) is 1. The fraction of sp³-hybridized carbons (Fsp3) is 0.133. The highest BCUT2D eigenvalue weighted by atomic mass is 16.3. The molecule has 0 bridgehead atoms. The monoisotopic (exact) mass is 254 g/mol. The molecule has 0 unspecified atom stereocenters. The highest BCUT2D eigenvalue weighted by molar-refractivity contribution is 5.84. The maximum absolute atomic E-state index is 9.89. The first-order valence-electron chi connectivity index (χ1n) is 6.04. The Labute approximate surface area is 110 Å². The average molecular weight is 254 g/mol. The number of aromatic nitrogens is 2. The molecule has 0 aliphatic heterocycles. The maximum atomic E-state index is 9.89. The van der Waals surface area contributed by atoms with Crippen LogP contribution >= 0.6 is 0 Å². The van der Waals surface area contributed by atoms with Gasteiger partial charge in [0, 0.05) is 0 Å². The SMILES string of the molecule is Cc1cc(C)c2nc(-c3cccc(O)c3O)[nH]c2c1. The van der Waals surface area contributed by atoms with Crippen LogP contribution in [-0.4, -0.2) is 20.2 Å². The van der Waals surface area contributed by atoms with E-state index in [1.54, 1.807) is 12.1 Å². The number of hydrogen-bond acceptors (Lipinski definition) is 3. The zero-order valence-electron chi connectivity index (χ0n) is 10.7. The smallest absolute Gasteiger partial charge is 0.168 e. The second kappa shape index (κ2) is 4.02. The lowest BCUT2D eigenvalue weighted by Crippen LogP contribution is -1.82. The molecule has 0 atom stereocenters. The first kappa shape index (κ1) is 11.6. The fourth-order valence-corrected chi connectivity index (χ4v) is 2.32. The highest BCUT2D eigenvalue weighted by Crippen LogP contribution is 2.35. The lowest BCUT2D eigenvalue weighted by atomic mass is 10.1. The van der Waals surface area contributed by atoms with Gasteiger partial charge in [0.25, 0.3) is 0 Å². The third-order valence-corrected chi connectivity index (χ3v) is 3.19. The number of imidazole rings is 1. The standard InChI is InChI=1S/C15H14N2O2/c1-8-6-9(2)13-11(7-8)16-15(17-13)10-4-3-5-12(18)14(10)19/h3-7,18-19H,1-2H3,(H,16,17). The van der Waals surface area contributed by atoms with Crippen molar-refractivity contribution in [1.82, 2.24) is 9.97 Å². The predicted molar refractivity (Wildman–Crippen MR) is 74.3 cm³/mol. The van der Waals surface area contributed by atoms with Crippen molar-refractivity contribution >= 4 is 11.0 Å². The quantitative estimate of drug-likeness (QED) is 0.584. The molecule has 0 fully saturated rings. The van der Waals surface area contributed by atoms with Crippen LogP contribution < -0.4 is 0 Å². The van der Waals surface area contributed by atoms with E-state index in [9.17, 15) is 10.2 Å². The van der Waals surface area contributed by atoms with Crippen LogP contribution in [0.1, 0.15) is 11.1 Å². The van der Waals surface area contributed by atoms with Gasteiger partial charge in [-0.15, -0.1) is 0 Å². The van der Waals surface area contributed by atoms with Crippen LogP contribution in [0.2, 0.25) is 0 Å². The van der Waals surface area contributed by atoms with Gasteiger partial charge in [0.15, 0.2) is 11.5 Å². The van der Waals surface area contributed by atoms with Crippen molar-refractivity contribution in [1.29, 1.82) is 0 Å². The number of nitrogens with zero attached hydrogens (tertiary/aromatic N) is 1. The number of phenols is 2. The summed E-state index contributed by atoms with van der Waals surface area (Å²) < 4.78 is 0. The summed E-state index contributed by atoms with van der Waals surface area (Å²) in [5, 5.41) is 19.4. The van der Waals surface area contributed by atoms with E-state index in [1.807, 2.05) is 19.9 Å². The molecule has 4 nitrogen and oxygen atoms in total. The summed E-state index contributed by atoms with van der Waals surface area (Å²) in [6.45, 7) is 4.03. The van der Waals surface area contributed by atoms with Crippen molar-refractivity contribution < 1.29 is 10.2 Å². The first-order chi connectivity index (χ1) is 9.06. The molecule has 3 rings (SSSR count). The Morgan fingerprint density at radius 2 is 1.89 bits per heavy atom. The zero-order chi connectivity index (χ0) is 13.6. The van der Waals surface area contributed by atoms with E-state index in [0.29, 0.717) is 11.4 Å². The molecular weight excluding hydrogens is 240 g/mol. The van der Waals surface area contributed by atoms with Gasteiger partial charge in [-0.2, -0.15) is 0 Å². The summed E-state index contributed by atoms with van der Waals surface area (Å²) in [4.78, 5) is 7.68. The molecule has 0 saturated heterocycles. The minimum Gasteiger partial charge on any atom is -0.504 e. The second-order valence-corrected chi connectivity index (χ2v) is 4.74. The number of aromatic hydroxyl groups is 2. The maximum Gasteiger partial charge on any atom is 0.168 e. The molecule has 0 aliphatic rings. The summed E-state index contributed by atoms with van der Waals surface area (Å²) in [5.41, 5.74) is 4.53. The lowest BCUT2D eigenvalue weighted by molar-refractivity contribution is 0.405. The van der Waals surface area contributed by atoms with Gasteiger partial charge in [0.2, 0.25) is 0 Å². The number of H-pyrrole nitrogens is 1. The molecule has 3 N–H and O–H groups in total. The van der Waals surface area contributed by atoms with Crippen LogP contribution in [0.4, 0.5) is 0 Å². The Morgan fingerprint density at radius 3 is 2.68 bits per heavy atom. The Kier molecular flexibility index (Phi) is 2.45. The van der Waals surface area contributed by atoms with Gasteiger partial charge in [0.05, 0.1) is 16.6 Å². The molecule has 1 heterocycles. The summed E-state index contributed by atoms with van der Waals surface area (Å²) in [7, 11) is 0. The van der Waals surface area contributed by atoms with Gasteiger partial charge in [-0.3, -0.25) is 0 Å². The van der Waals surface area contributed by atoms with E-state index >= 15 is 0 Å². The molecule has 0 spiro atoms. The lowest BCUT2D eigenvalue weighted by Gasteiger charge is -2.02. The van der Waals surface area contributed by atoms with Crippen LogP contribution in [0.25, 0.3) is 22.4 Å². The van der Waals surface area contributed by atoms with Gasteiger partial charge in [0.1, 0.15) is 5.82 Å². The Morgan fingerprint density at radius 1 is 1.11 bits per heavy atom. The first-order valence-corrected chi connectivity index (χ1v) is 6.04. The van der Waals surface area contributed by atoms with Crippen LogP contribution in [0.15, 0.2) is 30.3 Å². The summed E-state index contributed by atoms with van der Waals surface area (Å²) in [6, 6.07) is 8.91. The average Bonchev–Trinajstić information content (AvgIpc) is 2.76. The normalized spacial score (nSPS) is 11.1. The van der Waals surface area contributed by atoms with Crippen molar-refractivity contribution in [3.63, 3.8) is 0 Å². The van der Waals surface area contributed by atoms with Gasteiger partial charge in [-0.05, 0) is 43.2 Å². The van der Waals surface area contributed by atoms with Gasteiger partial charge in [-0.25, -0.2) is 4.98 Å². The number of aryl methyl sites for hydroxylation is 2. The summed E-state index contributed by atoms with van der Waals surface area (Å²) in [5.74, 6) is 0.249. The number of hydrogen-bond donors (Lipinski definition) is 3. The van der Waals surface area contributed by atoms with Gasteiger partial charge < -0.3 is 15.2 Å². The third kappa shape index (κ3) is 1.81. The Hall–Kier alpha value is -2.49. The van der Waals surface area contributed by atoms with E-state index in [0.717, 1.165) is 22.2 Å². The minimum absolute atomic E-state index is 0.147. The molecule has 0 aliphatic carbocycles. The van der Waals surface area contributed by atoms with E-state index in [1.165, 1.54) is 6.07 Å². The molecule has 19 heavy (non-hydrogen) atoms. The summed E-state index contributed by atoms with van der Waals surface area (Å²) in [6.07, 6.45) is 0. The van der Waals surface area contributed by atoms with E-state index < -0.39 is 0 Å². The minimum atomic E-state index is -0.157. The predicted octanol–water partition coefficient (Wildman–Crippen LogP) is 3.26. The number of aromatic amines is 1. The van der Waals surface area contributed by atoms with Crippen molar-refractivity contribution in [3.8, 4) is 22.9 Å². The summed E-state index contributed by atoms with van der Waals surface area (Å²) >= 11 is 0. The fourth-order valence-electron chi connectivity index (χ4n) is 2.32. The molecule has 3 aromatic rings. The molecule has 4 heteroatoms. The molecular formula is C15H14N2O2.